The molecule has 0 N–H and O–H groups in total. The molecule has 0 aromatic rings. The van der Waals surface area contributed by atoms with Crippen LogP contribution in [0.5, 0.6) is 0 Å². The fraction of sp³-hybridized carbons (Fsp3) is 0.900. The lowest BCUT2D eigenvalue weighted by Crippen LogP contribution is -2.34. The summed E-state index contributed by atoms with van der Waals surface area (Å²) in [5, 5.41) is 0. The van der Waals surface area contributed by atoms with Gasteiger partial charge in [-0.1, -0.05) is 0 Å². The fourth-order valence-corrected chi connectivity index (χ4v) is 2.33. The Kier molecular flexibility index (Phi) is 2.54. The molecule has 2 saturated heterocycles. The molecule has 0 saturated carbocycles. The molecule has 0 aromatic heterocycles. The minimum absolute atomic E-state index is 0.295. The van der Waals surface area contributed by atoms with Gasteiger partial charge in [0.1, 0.15) is 0 Å². The van der Waals surface area contributed by atoms with Crippen molar-refractivity contribution in [3.8, 4) is 0 Å². The minimum atomic E-state index is 0.295. The summed E-state index contributed by atoms with van der Waals surface area (Å²) in [6.45, 7) is 4.05. The molecule has 3 heteroatoms. The van der Waals surface area contributed by atoms with Gasteiger partial charge in [-0.15, -0.1) is 0 Å². The van der Waals surface area contributed by atoms with Crippen molar-refractivity contribution in [2.45, 2.75) is 19.3 Å². The van der Waals surface area contributed by atoms with Crippen LogP contribution in [0.4, 0.5) is 0 Å². The summed E-state index contributed by atoms with van der Waals surface area (Å²) in [4.78, 5) is 16.2. The van der Waals surface area contributed by atoms with E-state index in [0.717, 1.165) is 32.6 Å². The first kappa shape index (κ1) is 9.00. The van der Waals surface area contributed by atoms with Gasteiger partial charge in [0.05, 0.1) is 5.92 Å². The van der Waals surface area contributed by atoms with E-state index >= 15 is 0 Å². The number of rotatable bonds is 1. The van der Waals surface area contributed by atoms with Crippen LogP contribution in [0.3, 0.4) is 0 Å². The van der Waals surface area contributed by atoms with Crippen molar-refractivity contribution < 1.29 is 4.79 Å². The Hall–Kier alpha value is -0.570. The molecule has 1 atom stereocenters. The predicted molar refractivity (Wildman–Crippen MR) is 51.4 cm³/mol. The SMILES string of the molecule is CN1CC[C@@H](C(=O)N2CCCC2)C1. The Bertz CT molecular complexity index is 199. The van der Waals surface area contributed by atoms with E-state index in [1.807, 2.05) is 4.90 Å². The average Bonchev–Trinajstić information content (AvgIpc) is 2.72. The van der Waals surface area contributed by atoms with Gasteiger partial charge < -0.3 is 9.80 Å². The van der Waals surface area contributed by atoms with Crippen LogP contribution in [0.2, 0.25) is 0 Å². The smallest absolute Gasteiger partial charge is 0.227 e. The van der Waals surface area contributed by atoms with Gasteiger partial charge in [0.15, 0.2) is 0 Å². The monoisotopic (exact) mass is 182 g/mol. The minimum Gasteiger partial charge on any atom is -0.342 e. The zero-order valence-electron chi connectivity index (χ0n) is 8.33. The van der Waals surface area contributed by atoms with Crippen molar-refractivity contribution in [2.24, 2.45) is 5.92 Å². The fourth-order valence-electron chi connectivity index (χ4n) is 2.33. The maximum atomic E-state index is 11.9. The Morgan fingerprint density at radius 1 is 1.23 bits per heavy atom. The van der Waals surface area contributed by atoms with Crippen LogP contribution >= 0.6 is 0 Å². The number of likely N-dealkylation sites (tertiary alicyclic amines) is 2. The van der Waals surface area contributed by atoms with Crippen LogP contribution in [0.15, 0.2) is 0 Å². The normalized spacial score (nSPS) is 29.9. The zero-order valence-corrected chi connectivity index (χ0v) is 8.33. The summed E-state index contributed by atoms with van der Waals surface area (Å²) in [5.41, 5.74) is 0. The van der Waals surface area contributed by atoms with E-state index in [4.69, 9.17) is 0 Å². The summed E-state index contributed by atoms with van der Waals surface area (Å²) >= 11 is 0. The van der Waals surface area contributed by atoms with E-state index in [1.54, 1.807) is 0 Å². The van der Waals surface area contributed by atoms with Crippen LogP contribution in [0, 0.1) is 5.92 Å². The molecule has 2 heterocycles. The summed E-state index contributed by atoms with van der Waals surface area (Å²) in [5.74, 6) is 0.699. The number of amides is 1. The third kappa shape index (κ3) is 1.85. The lowest BCUT2D eigenvalue weighted by atomic mass is 10.1. The Balaban J connectivity index is 1.89. The molecule has 2 aliphatic rings. The van der Waals surface area contributed by atoms with Crippen molar-refractivity contribution in [3.63, 3.8) is 0 Å². The second-order valence-electron chi connectivity index (χ2n) is 4.28. The summed E-state index contributed by atoms with van der Waals surface area (Å²) < 4.78 is 0. The standard InChI is InChI=1S/C10H18N2O/c1-11-7-4-9(8-11)10(13)12-5-2-3-6-12/h9H,2-8H2,1H3/t9-/m1/s1. The zero-order chi connectivity index (χ0) is 9.26. The van der Waals surface area contributed by atoms with Gasteiger partial charge in [-0.3, -0.25) is 4.79 Å². The molecule has 3 nitrogen and oxygen atoms in total. The molecule has 0 spiro atoms. The molecule has 13 heavy (non-hydrogen) atoms. The van der Waals surface area contributed by atoms with Crippen molar-refractivity contribution in [1.82, 2.24) is 9.80 Å². The summed E-state index contributed by atoms with van der Waals surface area (Å²) in [7, 11) is 2.09. The van der Waals surface area contributed by atoms with Crippen molar-refractivity contribution in [2.75, 3.05) is 33.2 Å². The first-order valence-corrected chi connectivity index (χ1v) is 5.25. The molecule has 74 valence electrons. The van der Waals surface area contributed by atoms with Gasteiger partial charge >= 0.3 is 0 Å². The number of carbonyl (C=O) groups excluding carboxylic acids is 1. The molecule has 0 aliphatic carbocycles. The number of hydrogen-bond donors (Lipinski definition) is 0. The van der Waals surface area contributed by atoms with E-state index in [0.29, 0.717) is 11.8 Å². The Morgan fingerprint density at radius 3 is 2.46 bits per heavy atom. The molecule has 0 radical (unpaired) electrons. The number of hydrogen-bond acceptors (Lipinski definition) is 2. The van der Waals surface area contributed by atoms with Crippen LogP contribution in [-0.4, -0.2) is 48.9 Å². The Morgan fingerprint density at radius 2 is 1.92 bits per heavy atom. The number of carbonyl (C=O) groups is 1. The molecular weight excluding hydrogens is 164 g/mol. The molecule has 2 rings (SSSR count). The van der Waals surface area contributed by atoms with Gasteiger partial charge in [-0.25, -0.2) is 0 Å². The van der Waals surface area contributed by atoms with Crippen LogP contribution < -0.4 is 0 Å². The lowest BCUT2D eigenvalue weighted by Gasteiger charge is -2.19. The highest BCUT2D eigenvalue weighted by Crippen LogP contribution is 2.19. The molecule has 0 aromatic carbocycles. The lowest BCUT2D eigenvalue weighted by molar-refractivity contribution is -0.133. The average molecular weight is 182 g/mol. The second-order valence-corrected chi connectivity index (χ2v) is 4.28. The van der Waals surface area contributed by atoms with Crippen LogP contribution in [0.1, 0.15) is 19.3 Å². The quantitative estimate of drug-likeness (QED) is 0.591. The van der Waals surface area contributed by atoms with Crippen molar-refractivity contribution in [1.29, 1.82) is 0 Å². The van der Waals surface area contributed by atoms with E-state index < -0.39 is 0 Å². The van der Waals surface area contributed by atoms with Gasteiger partial charge in [0.25, 0.3) is 0 Å². The van der Waals surface area contributed by atoms with Gasteiger partial charge in [0.2, 0.25) is 5.91 Å². The highest BCUT2D eigenvalue weighted by atomic mass is 16.2. The maximum absolute atomic E-state index is 11.9. The molecule has 0 unspecified atom stereocenters. The van der Waals surface area contributed by atoms with E-state index in [2.05, 4.69) is 11.9 Å². The molecular formula is C10H18N2O. The molecule has 2 fully saturated rings. The van der Waals surface area contributed by atoms with E-state index in [1.165, 1.54) is 12.8 Å². The second kappa shape index (κ2) is 3.66. The van der Waals surface area contributed by atoms with Gasteiger partial charge in [-0.2, -0.15) is 0 Å². The van der Waals surface area contributed by atoms with Crippen molar-refractivity contribution in [3.05, 3.63) is 0 Å². The number of nitrogens with zero attached hydrogens (tertiary/aromatic N) is 2. The van der Waals surface area contributed by atoms with Crippen LogP contribution in [0.25, 0.3) is 0 Å². The third-order valence-corrected chi connectivity index (χ3v) is 3.16. The van der Waals surface area contributed by atoms with Crippen molar-refractivity contribution >= 4 is 5.91 Å². The molecule has 1 amide bonds. The summed E-state index contributed by atoms with van der Waals surface area (Å²) in [6.07, 6.45) is 3.47. The molecule has 2 aliphatic heterocycles. The highest BCUT2D eigenvalue weighted by Gasteiger charge is 2.30. The van der Waals surface area contributed by atoms with Gasteiger partial charge in [0, 0.05) is 19.6 Å². The third-order valence-electron chi connectivity index (χ3n) is 3.16. The first-order valence-electron chi connectivity index (χ1n) is 5.25. The first-order chi connectivity index (χ1) is 6.27. The highest BCUT2D eigenvalue weighted by molar-refractivity contribution is 5.79. The Labute approximate surface area is 79.7 Å². The van der Waals surface area contributed by atoms with E-state index in [9.17, 15) is 4.79 Å². The predicted octanol–water partition coefficient (Wildman–Crippen LogP) is 0.560. The maximum Gasteiger partial charge on any atom is 0.227 e. The topological polar surface area (TPSA) is 23.6 Å². The van der Waals surface area contributed by atoms with Gasteiger partial charge in [-0.05, 0) is 32.9 Å². The van der Waals surface area contributed by atoms with E-state index in [-0.39, 0.29) is 0 Å². The summed E-state index contributed by atoms with van der Waals surface area (Å²) in [6, 6.07) is 0. The van der Waals surface area contributed by atoms with Crippen LogP contribution in [-0.2, 0) is 4.79 Å². The largest absolute Gasteiger partial charge is 0.342 e. The molecule has 0 bridgehead atoms.